The lowest BCUT2D eigenvalue weighted by Gasteiger charge is -2.57. The van der Waals surface area contributed by atoms with Crippen LogP contribution in [0.1, 0.15) is 92.0 Å². The van der Waals surface area contributed by atoms with Crippen molar-refractivity contribution in [2.24, 2.45) is 40.9 Å². The summed E-state index contributed by atoms with van der Waals surface area (Å²) in [5, 5.41) is 19.0. The van der Waals surface area contributed by atoms with Crippen LogP contribution in [-0.4, -0.2) is 31.5 Å². The molecule has 4 aliphatic rings. The highest BCUT2D eigenvalue weighted by Gasteiger charge is 2.59. The van der Waals surface area contributed by atoms with E-state index in [9.17, 15) is 9.90 Å². The molecule has 0 radical (unpaired) electrons. The molecule has 0 spiro atoms. The molecule has 0 unspecified atom stereocenters. The van der Waals surface area contributed by atoms with Crippen LogP contribution in [0, 0.1) is 40.9 Å². The number of Topliss-reactive ketones (excluding diaryl/α,β-unsaturated/α-hetero) is 1. The van der Waals surface area contributed by atoms with Gasteiger partial charge in [0, 0.05) is 5.92 Å². The van der Waals surface area contributed by atoms with Crippen LogP contribution in [0.25, 0.3) is 0 Å². The molecule has 5 heteroatoms. The summed E-state index contributed by atoms with van der Waals surface area (Å²) in [5.74, 6) is 4.31. The number of ketones is 1. The predicted octanol–water partition coefficient (Wildman–Crippen LogP) is 5.06. The maximum absolute atomic E-state index is 13.4. The number of hydrogen-bond acceptors (Lipinski definition) is 4. The SMILES string of the molecule is C.C[C@@H](C(=O)[C@H]1CC[C@H]2[C@@H]3CC[C@H]4C[C@](C)(O)CC[C@@H]4[C@H]3CC[C@]12C)n1nccn1. The van der Waals surface area contributed by atoms with Gasteiger partial charge in [0.25, 0.3) is 0 Å². The van der Waals surface area contributed by atoms with E-state index in [-0.39, 0.29) is 24.8 Å². The van der Waals surface area contributed by atoms with Gasteiger partial charge in [0.15, 0.2) is 5.78 Å². The monoisotopic (exact) mass is 415 g/mol. The molecule has 1 heterocycles. The third kappa shape index (κ3) is 3.36. The van der Waals surface area contributed by atoms with Gasteiger partial charge in [-0.1, -0.05) is 14.4 Å². The molecule has 1 aromatic heterocycles. The summed E-state index contributed by atoms with van der Waals surface area (Å²) in [4.78, 5) is 15.0. The summed E-state index contributed by atoms with van der Waals surface area (Å²) < 4.78 is 0. The highest BCUT2D eigenvalue weighted by Crippen LogP contribution is 2.65. The van der Waals surface area contributed by atoms with Crippen LogP contribution in [0.4, 0.5) is 0 Å². The number of fused-ring (bicyclic) bond motifs is 5. The number of nitrogens with zero attached hydrogens (tertiary/aromatic N) is 3. The van der Waals surface area contributed by atoms with E-state index >= 15 is 0 Å². The smallest absolute Gasteiger partial charge is 0.162 e. The number of aromatic nitrogens is 3. The van der Waals surface area contributed by atoms with Crippen molar-refractivity contribution in [3.8, 4) is 0 Å². The largest absolute Gasteiger partial charge is 0.390 e. The molecule has 168 valence electrons. The fraction of sp³-hybridized carbons (Fsp3) is 0.880. The van der Waals surface area contributed by atoms with Crippen LogP contribution in [0.2, 0.25) is 0 Å². The molecule has 9 atom stereocenters. The van der Waals surface area contributed by atoms with Crippen molar-refractivity contribution in [2.75, 3.05) is 0 Å². The van der Waals surface area contributed by atoms with Gasteiger partial charge in [0.1, 0.15) is 6.04 Å². The molecule has 5 nitrogen and oxygen atoms in total. The Morgan fingerprint density at radius 1 is 1.00 bits per heavy atom. The average molecular weight is 416 g/mol. The van der Waals surface area contributed by atoms with E-state index in [4.69, 9.17) is 0 Å². The summed E-state index contributed by atoms with van der Waals surface area (Å²) in [6.07, 6.45) is 13.8. The molecule has 1 aromatic rings. The molecular formula is C25H41N3O2. The predicted molar refractivity (Wildman–Crippen MR) is 118 cm³/mol. The van der Waals surface area contributed by atoms with Crippen molar-refractivity contribution >= 4 is 5.78 Å². The second-order valence-corrected chi connectivity index (χ2v) is 11.3. The second kappa shape index (κ2) is 7.72. The van der Waals surface area contributed by atoms with Crippen LogP contribution >= 0.6 is 0 Å². The Bertz CT molecular complexity index is 760. The van der Waals surface area contributed by atoms with Crippen LogP contribution in [0.5, 0.6) is 0 Å². The molecule has 1 N–H and O–H groups in total. The van der Waals surface area contributed by atoms with Gasteiger partial charge >= 0.3 is 0 Å². The van der Waals surface area contributed by atoms with E-state index < -0.39 is 5.60 Å². The molecular weight excluding hydrogens is 374 g/mol. The highest BCUT2D eigenvalue weighted by molar-refractivity contribution is 5.85. The van der Waals surface area contributed by atoms with Crippen molar-refractivity contribution in [1.82, 2.24) is 15.0 Å². The van der Waals surface area contributed by atoms with Crippen LogP contribution < -0.4 is 0 Å². The Balaban J connectivity index is 0.00000218. The fourth-order valence-corrected chi connectivity index (χ4v) is 8.38. The van der Waals surface area contributed by atoms with Crippen molar-refractivity contribution in [2.45, 2.75) is 97.6 Å². The molecule has 5 rings (SSSR count). The Kier molecular flexibility index (Phi) is 5.66. The highest BCUT2D eigenvalue weighted by atomic mass is 16.3. The number of aliphatic hydroxyl groups is 1. The number of carbonyl (C=O) groups excluding carboxylic acids is 1. The normalized spacial score (nSPS) is 46.1. The van der Waals surface area contributed by atoms with Gasteiger partial charge in [0.05, 0.1) is 18.0 Å². The van der Waals surface area contributed by atoms with Crippen LogP contribution in [-0.2, 0) is 4.79 Å². The third-order valence-corrected chi connectivity index (χ3v) is 9.78. The van der Waals surface area contributed by atoms with Crippen molar-refractivity contribution in [3.63, 3.8) is 0 Å². The third-order valence-electron chi connectivity index (χ3n) is 9.78. The lowest BCUT2D eigenvalue weighted by molar-refractivity contribution is -0.135. The number of carbonyl (C=O) groups is 1. The molecule has 4 aliphatic carbocycles. The first kappa shape index (κ1) is 22.0. The first-order chi connectivity index (χ1) is 13.8. The second-order valence-electron chi connectivity index (χ2n) is 11.3. The zero-order chi connectivity index (χ0) is 20.4. The minimum atomic E-state index is -0.446. The van der Waals surface area contributed by atoms with Crippen molar-refractivity contribution in [1.29, 1.82) is 0 Å². The van der Waals surface area contributed by atoms with Gasteiger partial charge in [-0.25, -0.2) is 0 Å². The van der Waals surface area contributed by atoms with Gasteiger partial charge in [0.2, 0.25) is 0 Å². The van der Waals surface area contributed by atoms with Crippen molar-refractivity contribution in [3.05, 3.63) is 12.4 Å². The topological polar surface area (TPSA) is 68.0 Å². The van der Waals surface area contributed by atoms with E-state index in [0.29, 0.717) is 17.6 Å². The Labute approximate surface area is 182 Å². The summed E-state index contributed by atoms with van der Waals surface area (Å²) in [7, 11) is 0. The molecule has 0 saturated heterocycles. The van der Waals surface area contributed by atoms with E-state index in [1.807, 2.05) is 13.8 Å². The lowest BCUT2D eigenvalue weighted by Crippen LogP contribution is -2.51. The summed E-state index contributed by atoms with van der Waals surface area (Å²) in [5.41, 5.74) is -0.300. The summed E-state index contributed by atoms with van der Waals surface area (Å²) >= 11 is 0. The Morgan fingerprint density at radius 3 is 2.43 bits per heavy atom. The summed E-state index contributed by atoms with van der Waals surface area (Å²) in [6, 6.07) is -0.264. The summed E-state index contributed by atoms with van der Waals surface area (Å²) in [6.45, 7) is 6.42. The zero-order valence-corrected chi connectivity index (χ0v) is 18.3. The van der Waals surface area contributed by atoms with E-state index in [0.717, 1.165) is 37.0 Å². The molecule has 30 heavy (non-hydrogen) atoms. The zero-order valence-electron chi connectivity index (χ0n) is 18.3. The quantitative estimate of drug-likeness (QED) is 0.749. The maximum atomic E-state index is 13.4. The Morgan fingerprint density at radius 2 is 1.70 bits per heavy atom. The molecule has 0 aromatic carbocycles. The molecule has 0 aliphatic heterocycles. The van der Waals surface area contributed by atoms with E-state index in [2.05, 4.69) is 17.1 Å². The Hall–Kier alpha value is -1.23. The number of hydrogen-bond donors (Lipinski definition) is 1. The van der Waals surface area contributed by atoms with Gasteiger partial charge in [-0.15, -0.1) is 0 Å². The lowest BCUT2D eigenvalue weighted by atomic mass is 9.49. The van der Waals surface area contributed by atoms with Gasteiger partial charge < -0.3 is 5.11 Å². The molecule has 4 fully saturated rings. The van der Waals surface area contributed by atoms with Crippen molar-refractivity contribution < 1.29 is 9.90 Å². The standard InChI is InChI=1S/C24H37N3O2.CH4/c1-15(27-25-12-13-26-27)22(28)21-7-6-20-19-5-4-16-14-23(2,29)10-8-17(16)18(19)9-11-24(20,21)3;/h12-13,15-21,29H,4-11,14H2,1-3H3;1H4/t15-,16-,17-,18+,19+,20-,21+,23+,24-;/m0./s1. The molecule has 0 amide bonds. The first-order valence-corrected chi connectivity index (χ1v) is 11.9. The average Bonchev–Trinajstić information content (AvgIpc) is 3.33. The van der Waals surface area contributed by atoms with E-state index in [1.165, 1.54) is 38.5 Å². The molecule has 0 bridgehead atoms. The van der Waals surface area contributed by atoms with Gasteiger partial charge in [-0.2, -0.15) is 15.0 Å². The number of rotatable bonds is 3. The van der Waals surface area contributed by atoms with Crippen LogP contribution in [0.3, 0.4) is 0 Å². The van der Waals surface area contributed by atoms with E-state index in [1.54, 1.807) is 17.2 Å². The first-order valence-electron chi connectivity index (χ1n) is 11.9. The minimum absolute atomic E-state index is 0. The minimum Gasteiger partial charge on any atom is -0.390 e. The van der Waals surface area contributed by atoms with Crippen LogP contribution in [0.15, 0.2) is 12.4 Å². The maximum Gasteiger partial charge on any atom is 0.162 e. The fourth-order valence-electron chi connectivity index (χ4n) is 8.38. The molecule has 4 saturated carbocycles. The van der Waals surface area contributed by atoms with Gasteiger partial charge in [-0.05, 0) is 107 Å². The van der Waals surface area contributed by atoms with Gasteiger partial charge in [-0.3, -0.25) is 4.79 Å².